The highest BCUT2D eigenvalue weighted by molar-refractivity contribution is 5.93. The number of ether oxygens (including phenoxy) is 1. The molecule has 1 amide bonds. The van der Waals surface area contributed by atoms with Crippen LogP contribution in [0.2, 0.25) is 0 Å². The predicted molar refractivity (Wildman–Crippen MR) is 94.9 cm³/mol. The normalized spacial score (nSPS) is 14.4. The molecule has 1 aliphatic rings. The van der Waals surface area contributed by atoms with Crippen LogP contribution in [0.5, 0.6) is 0 Å². The Balaban J connectivity index is 1.56. The molecule has 1 unspecified atom stereocenters. The quantitative estimate of drug-likeness (QED) is 0.671. The number of benzene rings is 2. The summed E-state index contributed by atoms with van der Waals surface area (Å²) < 4.78 is 7.01. The number of esters is 1. The monoisotopic (exact) mass is 363 g/mol. The van der Waals surface area contributed by atoms with Crippen LogP contribution in [0.1, 0.15) is 34.9 Å². The SMILES string of the molecule is O=C(OC(C(=O)NC1CC1)c1ccccc1)c1cccc(-n2cnnn2)c1. The second-order valence-corrected chi connectivity index (χ2v) is 6.28. The molecular formula is C19H17N5O3. The molecule has 27 heavy (non-hydrogen) atoms. The van der Waals surface area contributed by atoms with Crippen LogP contribution in [0.3, 0.4) is 0 Å². The molecule has 0 aliphatic heterocycles. The number of tetrazole rings is 1. The minimum atomic E-state index is -1.00. The fourth-order valence-electron chi connectivity index (χ4n) is 2.64. The van der Waals surface area contributed by atoms with Crippen LogP contribution in [-0.2, 0) is 9.53 Å². The lowest BCUT2D eigenvalue weighted by molar-refractivity contribution is -0.130. The second kappa shape index (κ2) is 7.36. The fourth-order valence-corrected chi connectivity index (χ4v) is 2.64. The molecule has 0 saturated heterocycles. The van der Waals surface area contributed by atoms with E-state index in [-0.39, 0.29) is 11.9 Å². The molecule has 1 aliphatic carbocycles. The highest BCUT2D eigenvalue weighted by atomic mass is 16.5. The van der Waals surface area contributed by atoms with Crippen LogP contribution in [0.25, 0.3) is 5.69 Å². The Hall–Kier alpha value is -3.55. The van der Waals surface area contributed by atoms with E-state index in [2.05, 4.69) is 20.8 Å². The van der Waals surface area contributed by atoms with Crippen molar-refractivity contribution in [2.45, 2.75) is 25.0 Å². The lowest BCUT2D eigenvalue weighted by Crippen LogP contribution is -2.33. The molecule has 1 N–H and O–H groups in total. The molecule has 1 fully saturated rings. The van der Waals surface area contributed by atoms with Crippen LogP contribution < -0.4 is 5.32 Å². The van der Waals surface area contributed by atoms with Gasteiger partial charge in [-0.1, -0.05) is 36.4 Å². The van der Waals surface area contributed by atoms with Gasteiger partial charge in [-0.15, -0.1) is 5.10 Å². The highest BCUT2D eigenvalue weighted by Gasteiger charge is 2.31. The van der Waals surface area contributed by atoms with Gasteiger partial charge in [0.25, 0.3) is 5.91 Å². The maximum Gasteiger partial charge on any atom is 0.339 e. The molecule has 0 spiro atoms. The van der Waals surface area contributed by atoms with Crippen molar-refractivity contribution in [2.75, 3.05) is 0 Å². The van der Waals surface area contributed by atoms with Gasteiger partial charge in [-0.25, -0.2) is 9.48 Å². The summed E-state index contributed by atoms with van der Waals surface area (Å²) in [6, 6.07) is 15.9. The highest BCUT2D eigenvalue weighted by Crippen LogP contribution is 2.24. The zero-order chi connectivity index (χ0) is 18.6. The smallest absolute Gasteiger partial charge is 0.339 e. The Bertz CT molecular complexity index is 939. The summed E-state index contributed by atoms with van der Waals surface area (Å²) >= 11 is 0. The Morgan fingerprint density at radius 3 is 2.63 bits per heavy atom. The maximum atomic E-state index is 12.7. The molecule has 2 aromatic carbocycles. The lowest BCUT2D eigenvalue weighted by atomic mass is 10.1. The first-order valence-corrected chi connectivity index (χ1v) is 8.60. The van der Waals surface area contributed by atoms with Gasteiger partial charge in [0, 0.05) is 11.6 Å². The molecule has 1 atom stereocenters. The number of rotatable bonds is 6. The van der Waals surface area contributed by atoms with E-state index in [1.807, 2.05) is 6.07 Å². The van der Waals surface area contributed by atoms with Crippen LogP contribution in [0.15, 0.2) is 60.9 Å². The second-order valence-electron chi connectivity index (χ2n) is 6.28. The van der Waals surface area contributed by atoms with E-state index >= 15 is 0 Å². The Morgan fingerprint density at radius 1 is 1.11 bits per heavy atom. The summed E-state index contributed by atoms with van der Waals surface area (Å²) in [4.78, 5) is 25.3. The first-order valence-electron chi connectivity index (χ1n) is 8.60. The Kier molecular flexibility index (Phi) is 4.61. The summed E-state index contributed by atoms with van der Waals surface area (Å²) in [7, 11) is 0. The van der Waals surface area contributed by atoms with Crippen LogP contribution in [0, 0.1) is 0 Å². The molecule has 8 heteroatoms. The van der Waals surface area contributed by atoms with Crippen molar-refractivity contribution in [2.24, 2.45) is 0 Å². The first-order chi connectivity index (χ1) is 13.2. The van der Waals surface area contributed by atoms with Gasteiger partial charge in [-0.2, -0.15) is 0 Å². The van der Waals surface area contributed by atoms with E-state index < -0.39 is 12.1 Å². The topological polar surface area (TPSA) is 99.0 Å². The molecule has 3 aromatic rings. The summed E-state index contributed by atoms with van der Waals surface area (Å²) in [5, 5.41) is 13.9. The number of nitrogens with one attached hydrogen (secondary N) is 1. The molecule has 0 bridgehead atoms. The number of carbonyl (C=O) groups is 2. The van der Waals surface area contributed by atoms with Crippen molar-refractivity contribution in [3.05, 3.63) is 72.1 Å². The zero-order valence-electron chi connectivity index (χ0n) is 14.4. The van der Waals surface area contributed by atoms with Gasteiger partial charge in [-0.3, -0.25) is 4.79 Å². The molecular weight excluding hydrogens is 346 g/mol. The van der Waals surface area contributed by atoms with Crippen molar-refractivity contribution < 1.29 is 14.3 Å². The number of aromatic nitrogens is 4. The van der Waals surface area contributed by atoms with Crippen LogP contribution in [0.4, 0.5) is 0 Å². The van der Waals surface area contributed by atoms with Gasteiger partial charge in [0.2, 0.25) is 6.10 Å². The average Bonchev–Trinajstić information content (AvgIpc) is 3.34. The molecule has 1 aromatic heterocycles. The van der Waals surface area contributed by atoms with Crippen LogP contribution >= 0.6 is 0 Å². The molecule has 8 nitrogen and oxygen atoms in total. The summed E-state index contributed by atoms with van der Waals surface area (Å²) in [5.74, 6) is -0.904. The number of hydrogen-bond acceptors (Lipinski definition) is 6. The van der Waals surface area contributed by atoms with E-state index in [4.69, 9.17) is 4.74 Å². The van der Waals surface area contributed by atoms with E-state index in [0.717, 1.165) is 12.8 Å². The standard InChI is InChI=1S/C19H17N5O3/c25-18(21-15-9-10-15)17(13-5-2-1-3-6-13)27-19(26)14-7-4-8-16(11-14)24-12-20-22-23-24/h1-8,11-12,15,17H,9-10H2,(H,21,25). The predicted octanol–water partition coefficient (Wildman–Crippen LogP) is 1.84. The fraction of sp³-hybridized carbons (Fsp3) is 0.211. The summed E-state index contributed by atoms with van der Waals surface area (Å²) in [6.07, 6.45) is 2.33. The minimum Gasteiger partial charge on any atom is -0.444 e. The first kappa shape index (κ1) is 16.9. The van der Waals surface area contributed by atoms with Gasteiger partial charge in [-0.05, 0) is 41.5 Å². The molecule has 0 radical (unpaired) electrons. The third-order valence-electron chi connectivity index (χ3n) is 4.18. The van der Waals surface area contributed by atoms with Crippen LogP contribution in [-0.4, -0.2) is 38.1 Å². The molecule has 136 valence electrons. The molecule has 1 heterocycles. The van der Waals surface area contributed by atoms with Gasteiger partial charge in [0.1, 0.15) is 6.33 Å². The number of amides is 1. The third-order valence-corrected chi connectivity index (χ3v) is 4.18. The van der Waals surface area contributed by atoms with E-state index in [1.165, 1.54) is 11.0 Å². The van der Waals surface area contributed by atoms with Gasteiger partial charge < -0.3 is 10.1 Å². The van der Waals surface area contributed by atoms with Crippen molar-refractivity contribution in [3.63, 3.8) is 0 Å². The van der Waals surface area contributed by atoms with E-state index in [0.29, 0.717) is 16.8 Å². The van der Waals surface area contributed by atoms with Gasteiger partial charge in [0.15, 0.2) is 0 Å². The number of nitrogens with zero attached hydrogens (tertiary/aromatic N) is 4. The van der Waals surface area contributed by atoms with Gasteiger partial charge in [0.05, 0.1) is 11.3 Å². The third kappa shape index (κ3) is 4.00. The average molecular weight is 363 g/mol. The zero-order valence-corrected chi connectivity index (χ0v) is 14.4. The van der Waals surface area contributed by atoms with E-state index in [1.54, 1.807) is 48.5 Å². The minimum absolute atomic E-state index is 0.172. The number of carbonyl (C=O) groups excluding carboxylic acids is 2. The number of hydrogen-bond donors (Lipinski definition) is 1. The van der Waals surface area contributed by atoms with E-state index in [9.17, 15) is 9.59 Å². The van der Waals surface area contributed by atoms with Crippen molar-refractivity contribution >= 4 is 11.9 Å². The summed E-state index contributed by atoms with van der Waals surface area (Å²) in [6.45, 7) is 0. The Labute approximate surface area is 155 Å². The lowest BCUT2D eigenvalue weighted by Gasteiger charge is -2.18. The molecule has 1 saturated carbocycles. The summed E-state index contributed by atoms with van der Waals surface area (Å²) in [5.41, 5.74) is 1.55. The van der Waals surface area contributed by atoms with Crippen molar-refractivity contribution in [3.8, 4) is 5.69 Å². The molecule has 4 rings (SSSR count). The van der Waals surface area contributed by atoms with Crippen molar-refractivity contribution in [1.82, 2.24) is 25.5 Å². The largest absolute Gasteiger partial charge is 0.444 e. The maximum absolute atomic E-state index is 12.7. The van der Waals surface area contributed by atoms with Crippen molar-refractivity contribution in [1.29, 1.82) is 0 Å². The van der Waals surface area contributed by atoms with Gasteiger partial charge >= 0.3 is 5.97 Å². The Morgan fingerprint density at radius 2 is 1.93 bits per heavy atom.